The van der Waals surface area contributed by atoms with Gasteiger partial charge < -0.3 is 14.2 Å². The van der Waals surface area contributed by atoms with E-state index in [1.54, 1.807) is 13.2 Å². The summed E-state index contributed by atoms with van der Waals surface area (Å²) in [5, 5.41) is 0. The summed E-state index contributed by atoms with van der Waals surface area (Å²) >= 11 is 0. The van der Waals surface area contributed by atoms with E-state index in [-0.39, 0.29) is 5.70 Å². The van der Waals surface area contributed by atoms with Crippen LogP contribution in [0.5, 0.6) is 11.5 Å². The first kappa shape index (κ1) is 16.8. The molecule has 1 aliphatic heterocycles. The number of ether oxygens (including phenoxy) is 3. The number of hydrogen-bond donors (Lipinski definition) is 0. The Morgan fingerprint density at radius 2 is 1.92 bits per heavy atom. The van der Waals surface area contributed by atoms with Crippen molar-refractivity contribution in [1.82, 2.24) is 0 Å². The minimum Gasteiger partial charge on any atom is -0.496 e. The Morgan fingerprint density at radius 1 is 1.16 bits per heavy atom. The maximum Gasteiger partial charge on any atom is 0.363 e. The molecule has 0 unspecified atom stereocenters. The van der Waals surface area contributed by atoms with Gasteiger partial charge in [-0.2, -0.15) is 0 Å². The number of carbonyl (C=O) groups is 1. The largest absolute Gasteiger partial charge is 0.496 e. The normalized spacial score (nSPS) is 15.1. The third-order valence-electron chi connectivity index (χ3n) is 3.76. The Balaban J connectivity index is 1.85. The van der Waals surface area contributed by atoms with Crippen molar-refractivity contribution in [2.24, 2.45) is 4.99 Å². The molecule has 1 heterocycles. The Kier molecular flexibility index (Phi) is 4.84. The summed E-state index contributed by atoms with van der Waals surface area (Å²) in [6.07, 6.45) is 1.70. The van der Waals surface area contributed by atoms with E-state index in [1.165, 1.54) is 0 Å². The molecule has 3 rings (SSSR count). The number of esters is 1. The summed E-state index contributed by atoms with van der Waals surface area (Å²) in [5.74, 6) is 1.40. The van der Waals surface area contributed by atoms with E-state index in [9.17, 15) is 4.79 Å². The number of benzene rings is 2. The zero-order valence-electron chi connectivity index (χ0n) is 14.4. The highest BCUT2D eigenvalue weighted by Gasteiger charge is 2.24. The monoisotopic (exact) mass is 337 g/mol. The average Bonchev–Trinajstić information content (AvgIpc) is 2.97. The minimum atomic E-state index is -0.461. The van der Waals surface area contributed by atoms with Crippen molar-refractivity contribution in [1.29, 1.82) is 0 Å². The number of aryl methyl sites for hydroxylation is 1. The van der Waals surface area contributed by atoms with Gasteiger partial charge in [-0.25, -0.2) is 9.79 Å². The molecule has 128 valence electrons. The predicted molar refractivity (Wildman–Crippen MR) is 95.9 cm³/mol. The summed E-state index contributed by atoms with van der Waals surface area (Å²) in [4.78, 5) is 16.4. The van der Waals surface area contributed by atoms with Crippen LogP contribution in [-0.2, 0) is 9.53 Å². The lowest BCUT2D eigenvalue weighted by Crippen LogP contribution is -2.05. The maximum atomic E-state index is 12.1. The van der Waals surface area contributed by atoms with Gasteiger partial charge in [-0.05, 0) is 67.4 Å². The number of carbonyl (C=O) groups excluding carboxylic acids is 1. The van der Waals surface area contributed by atoms with E-state index in [2.05, 4.69) is 4.99 Å². The molecule has 0 N–H and O–H groups in total. The van der Waals surface area contributed by atoms with Crippen molar-refractivity contribution in [3.63, 3.8) is 0 Å². The number of hydrogen-bond acceptors (Lipinski definition) is 5. The fraction of sp³-hybridized carbons (Fsp3) is 0.200. The minimum absolute atomic E-state index is 0.272. The maximum absolute atomic E-state index is 12.1. The van der Waals surface area contributed by atoms with Crippen molar-refractivity contribution in [3.05, 3.63) is 64.9 Å². The fourth-order valence-corrected chi connectivity index (χ4v) is 2.54. The molecule has 0 spiro atoms. The van der Waals surface area contributed by atoms with Crippen LogP contribution in [0.2, 0.25) is 0 Å². The third kappa shape index (κ3) is 3.71. The topological polar surface area (TPSA) is 57.1 Å². The van der Waals surface area contributed by atoms with Gasteiger partial charge in [-0.1, -0.05) is 6.07 Å². The van der Waals surface area contributed by atoms with Crippen LogP contribution in [0.15, 0.2) is 53.2 Å². The standard InChI is InChI=1S/C20H19NO4/c1-4-24-16-8-6-15(7-9-16)19-21-17(20(22)25-19)12-14-5-10-18(23-3)13(2)11-14/h5-12H,4H2,1-3H3/b17-12-. The van der Waals surface area contributed by atoms with Crippen molar-refractivity contribution in [2.75, 3.05) is 13.7 Å². The van der Waals surface area contributed by atoms with E-state index in [4.69, 9.17) is 14.2 Å². The van der Waals surface area contributed by atoms with Gasteiger partial charge in [0.25, 0.3) is 0 Å². The summed E-state index contributed by atoms with van der Waals surface area (Å²) in [6.45, 7) is 4.47. The second-order valence-electron chi connectivity index (χ2n) is 5.52. The highest BCUT2D eigenvalue weighted by molar-refractivity contribution is 6.12. The van der Waals surface area contributed by atoms with Crippen LogP contribution < -0.4 is 9.47 Å². The molecule has 0 bridgehead atoms. The zero-order chi connectivity index (χ0) is 17.8. The smallest absolute Gasteiger partial charge is 0.363 e. The summed E-state index contributed by atoms with van der Waals surface area (Å²) < 4.78 is 15.9. The van der Waals surface area contributed by atoms with Crippen LogP contribution in [0.3, 0.4) is 0 Å². The van der Waals surface area contributed by atoms with E-state index < -0.39 is 5.97 Å². The first-order valence-corrected chi connectivity index (χ1v) is 8.01. The van der Waals surface area contributed by atoms with Crippen molar-refractivity contribution >= 4 is 17.9 Å². The Morgan fingerprint density at radius 3 is 2.56 bits per heavy atom. The van der Waals surface area contributed by atoms with Crippen molar-refractivity contribution in [3.8, 4) is 11.5 Å². The summed E-state index contributed by atoms with van der Waals surface area (Å²) in [5.41, 5.74) is 2.85. The molecule has 0 amide bonds. The van der Waals surface area contributed by atoms with E-state index in [1.807, 2.05) is 56.3 Å². The lowest BCUT2D eigenvalue weighted by atomic mass is 10.1. The van der Waals surface area contributed by atoms with Gasteiger partial charge in [0.15, 0.2) is 5.70 Å². The molecule has 0 fully saturated rings. The molecule has 25 heavy (non-hydrogen) atoms. The second-order valence-corrected chi connectivity index (χ2v) is 5.52. The molecule has 1 aliphatic rings. The predicted octanol–water partition coefficient (Wildman–Crippen LogP) is 3.75. The van der Waals surface area contributed by atoms with Crippen LogP contribution in [0.1, 0.15) is 23.6 Å². The number of rotatable bonds is 5. The van der Waals surface area contributed by atoms with Crippen molar-refractivity contribution < 1.29 is 19.0 Å². The molecular formula is C20H19NO4. The molecule has 0 aliphatic carbocycles. The first-order valence-electron chi connectivity index (χ1n) is 8.01. The molecule has 0 radical (unpaired) electrons. The van der Waals surface area contributed by atoms with Crippen LogP contribution in [0.25, 0.3) is 6.08 Å². The van der Waals surface area contributed by atoms with Gasteiger partial charge in [-0.3, -0.25) is 0 Å². The van der Waals surface area contributed by atoms with E-state index in [0.29, 0.717) is 12.5 Å². The molecule has 0 saturated carbocycles. The van der Waals surface area contributed by atoms with Crippen LogP contribution in [-0.4, -0.2) is 25.6 Å². The summed E-state index contributed by atoms with van der Waals surface area (Å²) in [6, 6.07) is 12.9. The van der Waals surface area contributed by atoms with E-state index in [0.717, 1.165) is 28.2 Å². The third-order valence-corrected chi connectivity index (χ3v) is 3.76. The van der Waals surface area contributed by atoms with Crippen LogP contribution in [0, 0.1) is 6.92 Å². The molecule has 5 nitrogen and oxygen atoms in total. The molecule has 0 saturated heterocycles. The Labute approximate surface area is 146 Å². The SMILES string of the molecule is CCOc1ccc(C2=N/C(=C\c3ccc(OC)c(C)c3)C(=O)O2)cc1. The first-order chi connectivity index (χ1) is 12.1. The highest BCUT2D eigenvalue weighted by Crippen LogP contribution is 2.23. The number of cyclic esters (lactones) is 1. The number of methoxy groups -OCH3 is 1. The number of nitrogens with zero attached hydrogens (tertiary/aromatic N) is 1. The lowest BCUT2D eigenvalue weighted by molar-refractivity contribution is -0.129. The Bertz CT molecular complexity index is 850. The fourth-order valence-electron chi connectivity index (χ4n) is 2.54. The molecule has 0 atom stereocenters. The van der Waals surface area contributed by atoms with Gasteiger partial charge in [0.05, 0.1) is 13.7 Å². The van der Waals surface area contributed by atoms with Gasteiger partial charge in [-0.15, -0.1) is 0 Å². The summed E-state index contributed by atoms with van der Waals surface area (Å²) in [7, 11) is 1.63. The average molecular weight is 337 g/mol. The lowest BCUT2D eigenvalue weighted by Gasteiger charge is -2.04. The zero-order valence-corrected chi connectivity index (χ0v) is 14.4. The van der Waals surface area contributed by atoms with Gasteiger partial charge in [0, 0.05) is 5.56 Å². The molecule has 5 heteroatoms. The van der Waals surface area contributed by atoms with Crippen LogP contribution in [0.4, 0.5) is 0 Å². The Hall–Kier alpha value is -3.08. The van der Waals surface area contributed by atoms with Gasteiger partial charge in [0.1, 0.15) is 11.5 Å². The molecular weight excluding hydrogens is 318 g/mol. The quantitative estimate of drug-likeness (QED) is 0.616. The second kappa shape index (κ2) is 7.21. The highest BCUT2D eigenvalue weighted by atomic mass is 16.6. The molecule has 0 aromatic heterocycles. The van der Waals surface area contributed by atoms with Gasteiger partial charge in [0.2, 0.25) is 5.90 Å². The molecule has 2 aromatic carbocycles. The van der Waals surface area contributed by atoms with Gasteiger partial charge >= 0.3 is 5.97 Å². The van der Waals surface area contributed by atoms with E-state index >= 15 is 0 Å². The van der Waals surface area contributed by atoms with Crippen LogP contribution >= 0.6 is 0 Å². The molecule has 2 aromatic rings. The van der Waals surface area contributed by atoms with Crippen molar-refractivity contribution in [2.45, 2.75) is 13.8 Å². The number of aliphatic imine (C=N–C) groups is 1.